The average molecular weight is 271 g/mol. The van der Waals surface area contributed by atoms with Gasteiger partial charge in [-0.3, -0.25) is 0 Å². The maximum absolute atomic E-state index is 10.1. The van der Waals surface area contributed by atoms with Crippen LogP contribution in [-0.2, 0) is 6.54 Å². The Kier molecular flexibility index (Phi) is 3.48. The number of hydrogen-bond donors (Lipinski definition) is 2. The maximum Gasteiger partial charge on any atom is 0.162 e. The number of hydrogen-bond acceptors (Lipinski definition) is 4. The molecule has 1 unspecified atom stereocenters. The van der Waals surface area contributed by atoms with Crippen molar-refractivity contribution in [3.05, 3.63) is 53.6 Å². The zero-order valence-corrected chi connectivity index (χ0v) is 11.3. The lowest BCUT2D eigenvalue weighted by molar-refractivity contribution is 0.309. The van der Waals surface area contributed by atoms with Crippen LogP contribution in [0.15, 0.2) is 42.5 Å². The van der Waals surface area contributed by atoms with Crippen molar-refractivity contribution in [2.45, 2.75) is 12.6 Å². The fourth-order valence-electron chi connectivity index (χ4n) is 2.44. The minimum Gasteiger partial charge on any atom is -0.504 e. The van der Waals surface area contributed by atoms with Gasteiger partial charge < -0.3 is 19.9 Å². The Morgan fingerprint density at radius 2 is 2.10 bits per heavy atom. The second-order valence-electron chi connectivity index (χ2n) is 4.75. The molecule has 0 spiro atoms. The van der Waals surface area contributed by atoms with Crippen molar-refractivity contribution in [2.24, 2.45) is 0 Å². The van der Waals surface area contributed by atoms with Crippen LogP contribution in [0.4, 0.5) is 0 Å². The summed E-state index contributed by atoms with van der Waals surface area (Å²) in [6.45, 7) is 1.18. The summed E-state index contributed by atoms with van der Waals surface area (Å²) in [6.07, 6.45) is 0. The number of rotatable bonds is 4. The van der Waals surface area contributed by atoms with Gasteiger partial charge in [0.25, 0.3) is 0 Å². The van der Waals surface area contributed by atoms with Crippen molar-refractivity contribution >= 4 is 0 Å². The highest BCUT2D eigenvalue weighted by molar-refractivity contribution is 5.45. The molecule has 104 valence electrons. The topological polar surface area (TPSA) is 50.7 Å². The number of nitrogens with one attached hydrogen (secondary N) is 1. The fraction of sp³-hybridized carbons (Fsp3) is 0.250. The van der Waals surface area contributed by atoms with E-state index in [-0.39, 0.29) is 11.8 Å². The molecule has 1 aliphatic rings. The standard InChI is InChI=1S/C16H17NO3/c1-19-15-8-4-5-11(16(15)18)9-17-13-10-20-14-7-3-2-6-12(13)14/h2-8,13,17-18H,9-10H2,1H3. The number of benzene rings is 2. The minimum atomic E-state index is 0.150. The molecule has 0 saturated carbocycles. The van der Waals surface area contributed by atoms with Crippen molar-refractivity contribution in [3.8, 4) is 17.2 Å². The molecule has 0 amide bonds. The molecule has 0 bridgehead atoms. The minimum absolute atomic E-state index is 0.150. The molecule has 4 heteroatoms. The predicted molar refractivity (Wildman–Crippen MR) is 76.2 cm³/mol. The second-order valence-corrected chi connectivity index (χ2v) is 4.75. The molecule has 0 aliphatic carbocycles. The van der Waals surface area contributed by atoms with Gasteiger partial charge in [0.05, 0.1) is 13.2 Å². The second kappa shape index (κ2) is 5.43. The van der Waals surface area contributed by atoms with Gasteiger partial charge in [0.1, 0.15) is 12.4 Å². The van der Waals surface area contributed by atoms with Gasteiger partial charge in [-0.05, 0) is 12.1 Å². The number of phenols is 1. The number of phenolic OH excluding ortho intramolecular Hbond substituents is 1. The van der Waals surface area contributed by atoms with Crippen LogP contribution in [0.1, 0.15) is 17.2 Å². The molecular formula is C16H17NO3. The molecule has 2 aromatic rings. The molecule has 2 N–H and O–H groups in total. The van der Waals surface area contributed by atoms with Crippen molar-refractivity contribution in [1.82, 2.24) is 5.32 Å². The smallest absolute Gasteiger partial charge is 0.162 e. The van der Waals surface area contributed by atoms with Crippen LogP contribution in [0.3, 0.4) is 0 Å². The van der Waals surface area contributed by atoms with Gasteiger partial charge in [-0.1, -0.05) is 30.3 Å². The summed E-state index contributed by atoms with van der Waals surface area (Å²) in [7, 11) is 1.55. The Morgan fingerprint density at radius 1 is 1.25 bits per heavy atom. The summed E-state index contributed by atoms with van der Waals surface area (Å²) in [5, 5.41) is 13.5. The van der Waals surface area contributed by atoms with E-state index < -0.39 is 0 Å². The van der Waals surface area contributed by atoms with Crippen LogP contribution in [0.25, 0.3) is 0 Å². The van der Waals surface area contributed by atoms with Crippen LogP contribution in [0, 0.1) is 0 Å². The zero-order chi connectivity index (χ0) is 13.9. The van der Waals surface area contributed by atoms with Crippen LogP contribution < -0.4 is 14.8 Å². The molecule has 0 radical (unpaired) electrons. The summed E-state index contributed by atoms with van der Waals surface area (Å²) in [5.74, 6) is 1.61. The Balaban J connectivity index is 1.72. The number of aromatic hydroxyl groups is 1. The van der Waals surface area contributed by atoms with E-state index in [4.69, 9.17) is 9.47 Å². The number of methoxy groups -OCH3 is 1. The van der Waals surface area contributed by atoms with Crippen LogP contribution in [0.2, 0.25) is 0 Å². The Morgan fingerprint density at radius 3 is 2.95 bits per heavy atom. The third-order valence-corrected chi connectivity index (χ3v) is 3.54. The highest BCUT2D eigenvalue weighted by Gasteiger charge is 2.23. The Hall–Kier alpha value is -2.20. The van der Waals surface area contributed by atoms with Gasteiger partial charge in [0.15, 0.2) is 11.5 Å². The lowest BCUT2D eigenvalue weighted by atomic mass is 10.1. The van der Waals surface area contributed by atoms with Gasteiger partial charge in [0, 0.05) is 17.7 Å². The van der Waals surface area contributed by atoms with E-state index in [2.05, 4.69) is 11.4 Å². The molecule has 0 aromatic heterocycles. The number of fused-ring (bicyclic) bond motifs is 1. The van der Waals surface area contributed by atoms with Crippen molar-refractivity contribution in [3.63, 3.8) is 0 Å². The van der Waals surface area contributed by atoms with Gasteiger partial charge in [-0.2, -0.15) is 0 Å². The molecule has 1 atom stereocenters. The summed E-state index contributed by atoms with van der Waals surface area (Å²) < 4.78 is 10.7. The molecule has 0 saturated heterocycles. The largest absolute Gasteiger partial charge is 0.504 e. The normalized spacial score (nSPS) is 16.6. The number of ether oxygens (including phenoxy) is 2. The van der Waals surface area contributed by atoms with E-state index in [0.29, 0.717) is 18.9 Å². The summed E-state index contributed by atoms with van der Waals surface area (Å²) >= 11 is 0. The van der Waals surface area contributed by atoms with E-state index in [1.807, 2.05) is 30.3 Å². The predicted octanol–water partition coefficient (Wildman–Crippen LogP) is 2.62. The SMILES string of the molecule is COc1cccc(CNC2COc3ccccc32)c1O. The summed E-state index contributed by atoms with van der Waals surface area (Å²) in [4.78, 5) is 0. The highest BCUT2D eigenvalue weighted by atomic mass is 16.5. The Bertz CT molecular complexity index is 612. The molecular weight excluding hydrogens is 254 g/mol. The van der Waals surface area contributed by atoms with E-state index in [1.165, 1.54) is 0 Å². The first kappa shape index (κ1) is 12.8. The molecule has 4 nitrogen and oxygen atoms in total. The van der Waals surface area contributed by atoms with Gasteiger partial charge in [0.2, 0.25) is 0 Å². The first-order chi connectivity index (χ1) is 9.79. The van der Waals surface area contributed by atoms with Gasteiger partial charge >= 0.3 is 0 Å². The molecule has 1 heterocycles. The summed E-state index contributed by atoms with van der Waals surface area (Å²) in [5.41, 5.74) is 1.98. The van der Waals surface area contributed by atoms with E-state index in [9.17, 15) is 5.11 Å². The third kappa shape index (κ3) is 2.30. The molecule has 3 rings (SSSR count). The van der Waals surface area contributed by atoms with Crippen LogP contribution >= 0.6 is 0 Å². The van der Waals surface area contributed by atoms with Gasteiger partial charge in [-0.15, -0.1) is 0 Å². The highest BCUT2D eigenvalue weighted by Crippen LogP contribution is 2.33. The average Bonchev–Trinajstić information content (AvgIpc) is 2.89. The first-order valence-corrected chi connectivity index (χ1v) is 6.59. The molecule has 0 fully saturated rings. The third-order valence-electron chi connectivity index (χ3n) is 3.54. The fourth-order valence-corrected chi connectivity index (χ4v) is 2.44. The lowest BCUT2D eigenvalue weighted by Gasteiger charge is -2.13. The van der Waals surface area contributed by atoms with Crippen LogP contribution in [-0.4, -0.2) is 18.8 Å². The molecule has 2 aromatic carbocycles. The monoisotopic (exact) mass is 271 g/mol. The van der Waals surface area contributed by atoms with E-state index in [0.717, 1.165) is 16.9 Å². The quantitative estimate of drug-likeness (QED) is 0.897. The summed E-state index contributed by atoms with van der Waals surface area (Å²) in [6, 6.07) is 13.6. The molecule has 20 heavy (non-hydrogen) atoms. The maximum atomic E-state index is 10.1. The van der Waals surface area contributed by atoms with E-state index in [1.54, 1.807) is 13.2 Å². The van der Waals surface area contributed by atoms with Crippen molar-refractivity contribution < 1.29 is 14.6 Å². The van der Waals surface area contributed by atoms with Gasteiger partial charge in [-0.25, -0.2) is 0 Å². The lowest BCUT2D eigenvalue weighted by Crippen LogP contribution is -2.22. The molecule has 1 aliphatic heterocycles. The Labute approximate surface area is 118 Å². The van der Waals surface area contributed by atoms with E-state index >= 15 is 0 Å². The van der Waals surface area contributed by atoms with Crippen LogP contribution in [0.5, 0.6) is 17.2 Å². The van der Waals surface area contributed by atoms with Crippen molar-refractivity contribution in [1.29, 1.82) is 0 Å². The number of para-hydroxylation sites is 2. The van der Waals surface area contributed by atoms with Crippen molar-refractivity contribution in [2.75, 3.05) is 13.7 Å². The first-order valence-electron chi connectivity index (χ1n) is 6.59. The zero-order valence-electron chi connectivity index (χ0n) is 11.3.